The molecule has 1 amide bonds. The van der Waals surface area contributed by atoms with Gasteiger partial charge < -0.3 is 24.8 Å². The molecule has 6 heteroatoms. The lowest BCUT2D eigenvalue weighted by Crippen LogP contribution is -2.37. The number of aliphatic hydroxyl groups excluding tert-OH is 1. The quantitative estimate of drug-likeness (QED) is 0.768. The number of allylic oxidation sites excluding steroid dienone is 2. The van der Waals surface area contributed by atoms with Gasteiger partial charge in [-0.1, -0.05) is 26.0 Å². The first-order chi connectivity index (χ1) is 13.1. The van der Waals surface area contributed by atoms with Crippen molar-refractivity contribution in [3.05, 3.63) is 53.9 Å². The monoisotopic (exact) mass is 372 g/mol. The smallest absolute Gasteiger partial charge is 0.260 e. The number of rotatable bonds is 7. The summed E-state index contributed by atoms with van der Waals surface area (Å²) in [5.74, 6) is 1.94. The first-order valence-electron chi connectivity index (χ1n) is 9.46. The maximum atomic E-state index is 12.4. The third kappa shape index (κ3) is 5.04. The van der Waals surface area contributed by atoms with Crippen molar-refractivity contribution in [2.75, 3.05) is 19.7 Å². The van der Waals surface area contributed by atoms with Crippen LogP contribution in [0.25, 0.3) is 0 Å². The molecule has 2 unspecified atom stereocenters. The van der Waals surface area contributed by atoms with Crippen LogP contribution in [-0.4, -0.2) is 47.8 Å². The maximum absolute atomic E-state index is 12.4. The highest BCUT2D eigenvalue weighted by molar-refractivity contribution is 5.78. The number of hydrogen-bond donors (Lipinski definition) is 2. The van der Waals surface area contributed by atoms with Gasteiger partial charge in [-0.3, -0.25) is 4.79 Å². The number of dihydropyridines is 1. The molecule has 0 saturated carbocycles. The number of nitrogens with zero attached hydrogens (tertiary/aromatic N) is 1. The standard InChI is InChI=1S/C21H28N2O4/c1-15(2)21-19(4-3-10-22-21)27-18-9-11-23(12-18)20(25)14-26-17-7-5-16(13-24)6-8-17/h3-8,10,15,18,21-22,24H,9,11-14H2,1-2H3. The van der Waals surface area contributed by atoms with E-state index in [2.05, 4.69) is 19.2 Å². The molecule has 0 radical (unpaired) electrons. The van der Waals surface area contributed by atoms with Crippen LogP contribution in [0, 0.1) is 5.92 Å². The van der Waals surface area contributed by atoms with Gasteiger partial charge in [0.1, 0.15) is 17.6 Å². The van der Waals surface area contributed by atoms with Gasteiger partial charge in [-0.15, -0.1) is 0 Å². The number of carbonyl (C=O) groups is 1. The summed E-state index contributed by atoms with van der Waals surface area (Å²) in [4.78, 5) is 14.2. The van der Waals surface area contributed by atoms with Gasteiger partial charge in [-0.2, -0.15) is 0 Å². The predicted octanol–water partition coefficient (Wildman–Crippen LogP) is 2.20. The van der Waals surface area contributed by atoms with Crippen LogP contribution in [0.15, 0.2) is 48.4 Å². The molecule has 1 saturated heterocycles. The van der Waals surface area contributed by atoms with Crippen molar-refractivity contribution in [1.82, 2.24) is 10.2 Å². The van der Waals surface area contributed by atoms with Gasteiger partial charge in [-0.25, -0.2) is 0 Å². The van der Waals surface area contributed by atoms with E-state index in [1.54, 1.807) is 29.2 Å². The molecule has 0 aromatic heterocycles. The number of amides is 1. The molecule has 146 valence electrons. The van der Waals surface area contributed by atoms with E-state index in [0.717, 1.165) is 17.7 Å². The summed E-state index contributed by atoms with van der Waals surface area (Å²) in [6.07, 6.45) is 6.72. The second kappa shape index (κ2) is 8.95. The maximum Gasteiger partial charge on any atom is 0.260 e. The Bertz CT molecular complexity index is 697. The predicted molar refractivity (Wildman–Crippen MR) is 103 cm³/mol. The highest BCUT2D eigenvalue weighted by Gasteiger charge is 2.30. The number of benzene rings is 1. The van der Waals surface area contributed by atoms with E-state index in [1.165, 1.54) is 0 Å². The van der Waals surface area contributed by atoms with Gasteiger partial charge in [0.15, 0.2) is 6.61 Å². The number of carbonyl (C=O) groups excluding carboxylic acids is 1. The number of nitrogens with one attached hydrogen (secondary N) is 1. The minimum absolute atomic E-state index is 0.00616. The molecule has 2 aliphatic heterocycles. The average molecular weight is 372 g/mol. The van der Waals surface area contributed by atoms with Gasteiger partial charge in [0.25, 0.3) is 5.91 Å². The Hall–Kier alpha value is -2.47. The Morgan fingerprint density at radius 3 is 2.81 bits per heavy atom. The van der Waals surface area contributed by atoms with Gasteiger partial charge in [-0.05, 0) is 42.0 Å². The number of ether oxygens (including phenoxy) is 2. The van der Waals surface area contributed by atoms with E-state index in [-0.39, 0.29) is 31.3 Å². The Balaban J connectivity index is 1.47. The van der Waals surface area contributed by atoms with E-state index in [9.17, 15) is 4.79 Å². The van der Waals surface area contributed by atoms with Crippen molar-refractivity contribution >= 4 is 5.91 Å². The minimum atomic E-state index is -0.0385. The van der Waals surface area contributed by atoms with E-state index >= 15 is 0 Å². The minimum Gasteiger partial charge on any atom is -0.491 e. The second-order valence-electron chi connectivity index (χ2n) is 7.28. The fraction of sp³-hybridized carbons (Fsp3) is 0.476. The van der Waals surface area contributed by atoms with Crippen LogP contribution < -0.4 is 10.1 Å². The van der Waals surface area contributed by atoms with Crippen molar-refractivity contribution in [3.8, 4) is 5.75 Å². The number of aliphatic hydroxyl groups is 1. The highest BCUT2D eigenvalue weighted by atomic mass is 16.5. The Labute approximate surface area is 160 Å². The van der Waals surface area contributed by atoms with Crippen LogP contribution in [0.3, 0.4) is 0 Å². The fourth-order valence-electron chi connectivity index (χ4n) is 3.29. The largest absolute Gasteiger partial charge is 0.491 e. The summed E-state index contributed by atoms with van der Waals surface area (Å²) in [7, 11) is 0. The SMILES string of the molecule is CC(C)C1NC=CC=C1OC1CCN(C(=O)COc2ccc(CO)cc2)C1. The molecule has 0 spiro atoms. The van der Waals surface area contributed by atoms with E-state index < -0.39 is 0 Å². The molecule has 0 bridgehead atoms. The molecule has 2 atom stereocenters. The second-order valence-corrected chi connectivity index (χ2v) is 7.28. The number of hydrogen-bond acceptors (Lipinski definition) is 5. The molecule has 3 rings (SSSR count). The highest BCUT2D eigenvalue weighted by Crippen LogP contribution is 2.23. The van der Waals surface area contributed by atoms with E-state index in [0.29, 0.717) is 24.8 Å². The number of likely N-dealkylation sites (tertiary alicyclic amines) is 1. The molecule has 1 aromatic carbocycles. The lowest BCUT2D eigenvalue weighted by Gasteiger charge is -2.29. The molecule has 2 heterocycles. The first kappa shape index (κ1) is 19.3. The zero-order chi connectivity index (χ0) is 19.2. The van der Waals surface area contributed by atoms with Crippen molar-refractivity contribution in [1.29, 1.82) is 0 Å². The summed E-state index contributed by atoms with van der Waals surface area (Å²) in [6, 6.07) is 7.26. The zero-order valence-corrected chi connectivity index (χ0v) is 15.9. The van der Waals surface area contributed by atoms with Crippen LogP contribution in [0.2, 0.25) is 0 Å². The normalized spacial score (nSPS) is 21.8. The fourth-order valence-corrected chi connectivity index (χ4v) is 3.29. The lowest BCUT2D eigenvalue weighted by atomic mass is 10.0. The first-order valence-corrected chi connectivity index (χ1v) is 9.46. The molecule has 6 nitrogen and oxygen atoms in total. The topological polar surface area (TPSA) is 71.0 Å². The van der Waals surface area contributed by atoms with Crippen LogP contribution in [-0.2, 0) is 16.1 Å². The summed E-state index contributed by atoms with van der Waals surface area (Å²) < 4.78 is 11.8. The van der Waals surface area contributed by atoms with Gasteiger partial charge in [0.05, 0.1) is 19.2 Å². The van der Waals surface area contributed by atoms with Crippen LogP contribution in [0.5, 0.6) is 5.75 Å². The molecule has 1 fully saturated rings. The molecule has 0 aliphatic carbocycles. The summed E-state index contributed by atoms with van der Waals surface area (Å²) in [5.41, 5.74) is 0.814. The van der Waals surface area contributed by atoms with Crippen LogP contribution in [0.1, 0.15) is 25.8 Å². The van der Waals surface area contributed by atoms with Gasteiger partial charge in [0, 0.05) is 13.0 Å². The molecule has 27 heavy (non-hydrogen) atoms. The molecule has 1 aromatic rings. The third-order valence-corrected chi connectivity index (χ3v) is 4.87. The Kier molecular flexibility index (Phi) is 6.40. The lowest BCUT2D eigenvalue weighted by molar-refractivity contribution is -0.132. The van der Waals surface area contributed by atoms with Crippen molar-refractivity contribution < 1.29 is 19.4 Å². The van der Waals surface area contributed by atoms with Crippen molar-refractivity contribution in [2.24, 2.45) is 5.92 Å². The zero-order valence-electron chi connectivity index (χ0n) is 15.9. The Morgan fingerprint density at radius 2 is 2.11 bits per heavy atom. The van der Waals surface area contributed by atoms with E-state index in [4.69, 9.17) is 14.6 Å². The summed E-state index contributed by atoms with van der Waals surface area (Å²) >= 11 is 0. The summed E-state index contributed by atoms with van der Waals surface area (Å²) in [6.45, 7) is 5.57. The molecular weight excluding hydrogens is 344 g/mol. The molecule has 2 N–H and O–H groups in total. The Morgan fingerprint density at radius 1 is 1.33 bits per heavy atom. The van der Waals surface area contributed by atoms with Gasteiger partial charge >= 0.3 is 0 Å². The van der Waals surface area contributed by atoms with E-state index in [1.807, 2.05) is 18.4 Å². The molecule has 2 aliphatic rings. The van der Waals surface area contributed by atoms with Crippen molar-refractivity contribution in [3.63, 3.8) is 0 Å². The van der Waals surface area contributed by atoms with Gasteiger partial charge in [0.2, 0.25) is 0 Å². The average Bonchev–Trinajstić information content (AvgIpc) is 3.15. The summed E-state index contributed by atoms with van der Waals surface area (Å²) in [5, 5.41) is 12.4. The van der Waals surface area contributed by atoms with Crippen LogP contribution >= 0.6 is 0 Å². The van der Waals surface area contributed by atoms with Crippen molar-refractivity contribution in [2.45, 2.75) is 39.0 Å². The third-order valence-electron chi connectivity index (χ3n) is 4.87. The van der Waals surface area contributed by atoms with Crippen LogP contribution in [0.4, 0.5) is 0 Å². The molecular formula is C21H28N2O4.